The maximum absolute atomic E-state index is 4.30. The van der Waals surface area contributed by atoms with Crippen LogP contribution < -0.4 is 5.32 Å². The van der Waals surface area contributed by atoms with Crippen molar-refractivity contribution in [1.29, 1.82) is 0 Å². The molecule has 1 N–H and O–H groups in total. The molecule has 0 unspecified atom stereocenters. The molecule has 0 atom stereocenters. The smallest absolute Gasteiger partial charge is 0.0964 e. The first-order valence-electron chi connectivity index (χ1n) is 5.28. The summed E-state index contributed by atoms with van der Waals surface area (Å²) < 4.78 is 3.52. The van der Waals surface area contributed by atoms with Crippen LogP contribution in [0, 0.1) is 0 Å². The number of hydrogen-bond donors (Lipinski definition) is 1. The monoisotopic (exact) mass is 220 g/mol. The highest BCUT2D eigenvalue weighted by Gasteiger charge is 1.99. The standard InChI is InChI=1S/C10H16N6/c1-15-6-4-9(13-15)3-5-11-7-10-8-16(2)14-12-10/h4,6,8,11H,3,5,7H2,1-2H3. The van der Waals surface area contributed by atoms with E-state index in [2.05, 4.69) is 20.7 Å². The van der Waals surface area contributed by atoms with Crippen molar-refractivity contribution in [3.05, 3.63) is 29.8 Å². The molecule has 0 aliphatic rings. The quantitative estimate of drug-likeness (QED) is 0.714. The summed E-state index contributed by atoms with van der Waals surface area (Å²) in [7, 11) is 3.79. The van der Waals surface area contributed by atoms with Gasteiger partial charge in [-0.05, 0) is 6.07 Å². The van der Waals surface area contributed by atoms with Crippen molar-refractivity contribution in [3.63, 3.8) is 0 Å². The van der Waals surface area contributed by atoms with Gasteiger partial charge in [0.05, 0.1) is 11.4 Å². The molecule has 6 heteroatoms. The summed E-state index contributed by atoms with van der Waals surface area (Å²) >= 11 is 0. The minimum Gasteiger partial charge on any atom is -0.311 e. The van der Waals surface area contributed by atoms with E-state index in [1.807, 2.05) is 37.2 Å². The fourth-order valence-electron chi connectivity index (χ4n) is 1.51. The number of nitrogens with one attached hydrogen (secondary N) is 1. The summed E-state index contributed by atoms with van der Waals surface area (Å²) in [4.78, 5) is 0. The maximum atomic E-state index is 4.30. The van der Waals surface area contributed by atoms with E-state index in [9.17, 15) is 0 Å². The molecular formula is C10H16N6. The third-order valence-corrected chi connectivity index (χ3v) is 2.28. The van der Waals surface area contributed by atoms with Crippen LogP contribution in [-0.2, 0) is 27.1 Å². The van der Waals surface area contributed by atoms with Crippen molar-refractivity contribution in [2.45, 2.75) is 13.0 Å². The Balaban J connectivity index is 1.69. The average molecular weight is 220 g/mol. The highest BCUT2D eigenvalue weighted by Crippen LogP contribution is 1.95. The summed E-state index contributed by atoms with van der Waals surface area (Å²) in [5.41, 5.74) is 2.07. The molecule has 16 heavy (non-hydrogen) atoms. The SMILES string of the molecule is Cn1cc(CNCCc2ccn(C)n2)nn1. The summed E-state index contributed by atoms with van der Waals surface area (Å²) in [6, 6.07) is 2.03. The van der Waals surface area contributed by atoms with Gasteiger partial charge in [0.1, 0.15) is 0 Å². The van der Waals surface area contributed by atoms with E-state index in [0.717, 1.165) is 30.9 Å². The highest BCUT2D eigenvalue weighted by molar-refractivity contribution is 4.99. The second kappa shape index (κ2) is 4.89. The first-order chi connectivity index (χ1) is 7.74. The second-order valence-corrected chi connectivity index (χ2v) is 3.79. The lowest BCUT2D eigenvalue weighted by atomic mass is 10.3. The molecule has 86 valence electrons. The van der Waals surface area contributed by atoms with E-state index < -0.39 is 0 Å². The third kappa shape index (κ3) is 2.90. The summed E-state index contributed by atoms with van der Waals surface area (Å²) in [5.74, 6) is 0. The van der Waals surface area contributed by atoms with E-state index >= 15 is 0 Å². The van der Waals surface area contributed by atoms with Crippen molar-refractivity contribution in [2.24, 2.45) is 14.1 Å². The molecule has 0 saturated heterocycles. The Hall–Kier alpha value is -1.69. The van der Waals surface area contributed by atoms with Gasteiger partial charge in [-0.1, -0.05) is 5.21 Å². The Kier molecular flexibility index (Phi) is 3.31. The van der Waals surface area contributed by atoms with Gasteiger partial charge < -0.3 is 5.32 Å². The van der Waals surface area contributed by atoms with Gasteiger partial charge in [-0.3, -0.25) is 9.36 Å². The van der Waals surface area contributed by atoms with Crippen LogP contribution in [0.2, 0.25) is 0 Å². The van der Waals surface area contributed by atoms with Crippen LogP contribution in [0.25, 0.3) is 0 Å². The van der Waals surface area contributed by atoms with Crippen LogP contribution in [0.1, 0.15) is 11.4 Å². The van der Waals surface area contributed by atoms with E-state index in [1.165, 1.54) is 0 Å². The molecule has 2 aromatic heterocycles. The van der Waals surface area contributed by atoms with Gasteiger partial charge in [0.25, 0.3) is 0 Å². The highest BCUT2D eigenvalue weighted by atomic mass is 15.4. The summed E-state index contributed by atoms with van der Waals surface area (Å²) in [6.45, 7) is 1.65. The van der Waals surface area contributed by atoms with Crippen LogP contribution >= 0.6 is 0 Å². The Labute approximate surface area is 94.3 Å². The average Bonchev–Trinajstić information content (AvgIpc) is 2.83. The van der Waals surface area contributed by atoms with E-state index in [4.69, 9.17) is 0 Å². The molecule has 0 bridgehead atoms. The Morgan fingerprint density at radius 1 is 1.25 bits per heavy atom. The number of rotatable bonds is 5. The lowest BCUT2D eigenvalue weighted by Crippen LogP contribution is -2.17. The molecule has 0 saturated carbocycles. The molecule has 2 rings (SSSR count). The number of aryl methyl sites for hydroxylation is 2. The summed E-state index contributed by atoms with van der Waals surface area (Å²) in [6.07, 6.45) is 4.80. The molecule has 0 fully saturated rings. The molecule has 0 amide bonds. The molecule has 0 aliphatic carbocycles. The van der Waals surface area contributed by atoms with Crippen molar-refractivity contribution in [3.8, 4) is 0 Å². The van der Waals surface area contributed by atoms with Crippen LogP contribution in [0.3, 0.4) is 0 Å². The van der Waals surface area contributed by atoms with Gasteiger partial charge in [0.15, 0.2) is 0 Å². The Morgan fingerprint density at radius 2 is 2.12 bits per heavy atom. The molecule has 0 spiro atoms. The lowest BCUT2D eigenvalue weighted by Gasteiger charge is -1.99. The zero-order valence-corrected chi connectivity index (χ0v) is 9.59. The third-order valence-electron chi connectivity index (χ3n) is 2.28. The number of nitrogens with zero attached hydrogens (tertiary/aromatic N) is 5. The zero-order valence-electron chi connectivity index (χ0n) is 9.59. The molecule has 0 aromatic carbocycles. The normalized spacial score (nSPS) is 10.9. The van der Waals surface area contributed by atoms with Crippen LogP contribution in [0.5, 0.6) is 0 Å². The molecule has 2 aromatic rings. The Bertz CT molecular complexity index is 401. The largest absolute Gasteiger partial charge is 0.311 e. The molecule has 0 aliphatic heterocycles. The predicted molar refractivity (Wildman–Crippen MR) is 59.6 cm³/mol. The van der Waals surface area contributed by atoms with Gasteiger partial charge in [-0.25, -0.2) is 0 Å². The van der Waals surface area contributed by atoms with Gasteiger partial charge in [-0.15, -0.1) is 5.10 Å². The van der Waals surface area contributed by atoms with Gasteiger partial charge >= 0.3 is 0 Å². The molecule has 6 nitrogen and oxygen atoms in total. The number of aromatic nitrogens is 5. The van der Waals surface area contributed by atoms with Crippen molar-refractivity contribution < 1.29 is 0 Å². The van der Waals surface area contributed by atoms with Crippen LogP contribution in [0.4, 0.5) is 0 Å². The predicted octanol–water partition coefficient (Wildman–Crippen LogP) is -0.119. The van der Waals surface area contributed by atoms with E-state index in [-0.39, 0.29) is 0 Å². The number of hydrogen-bond acceptors (Lipinski definition) is 4. The first-order valence-corrected chi connectivity index (χ1v) is 5.28. The van der Waals surface area contributed by atoms with Gasteiger partial charge in [0, 0.05) is 46.0 Å². The molecular weight excluding hydrogens is 204 g/mol. The van der Waals surface area contributed by atoms with Crippen molar-refractivity contribution >= 4 is 0 Å². The summed E-state index contributed by atoms with van der Waals surface area (Å²) in [5, 5.41) is 15.5. The van der Waals surface area contributed by atoms with Crippen LogP contribution in [0.15, 0.2) is 18.5 Å². The fraction of sp³-hybridized carbons (Fsp3) is 0.500. The Morgan fingerprint density at radius 3 is 2.75 bits per heavy atom. The maximum Gasteiger partial charge on any atom is 0.0964 e. The van der Waals surface area contributed by atoms with Crippen molar-refractivity contribution in [2.75, 3.05) is 6.54 Å². The van der Waals surface area contributed by atoms with E-state index in [1.54, 1.807) is 4.68 Å². The first kappa shape index (κ1) is 10.8. The van der Waals surface area contributed by atoms with Crippen LogP contribution in [-0.4, -0.2) is 31.3 Å². The second-order valence-electron chi connectivity index (χ2n) is 3.79. The zero-order chi connectivity index (χ0) is 11.4. The van der Waals surface area contributed by atoms with Gasteiger partial charge in [0.2, 0.25) is 0 Å². The molecule has 2 heterocycles. The molecule has 0 radical (unpaired) electrons. The fourth-order valence-corrected chi connectivity index (χ4v) is 1.51. The topological polar surface area (TPSA) is 60.6 Å². The minimum absolute atomic E-state index is 0.751. The lowest BCUT2D eigenvalue weighted by molar-refractivity contribution is 0.654. The van der Waals surface area contributed by atoms with Crippen molar-refractivity contribution in [1.82, 2.24) is 30.1 Å². The van der Waals surface area contributed by atoms with E-state index in [0.29, 0.717) is 0 Å². The minimum atomic E-state index is 0.751. The van der Waals surface area contributed by atoms with Gasteiger partial charge in [-0.2, -0.15) is 5.10 Å².